The highest BCUT2D eigenvalue weighted by Crippen LogP contribution is 2.38. The minimum Gasteiger partial charge on any atom is -0.491 e. The van der Waals surface area contributed by atoms with Gasteiger partial charge in [-0.05, 0) is 18.6 Å². The van der Waals surface area contributed by atoms with Crippen molar-refractivity contribution in [2.75, 3.05) is 14.2 Å². The summed E-state index contributed by atoms with van der Waals surface area (Å²) in [5.74, 6) is 1.53. The molecule has 20 heavy (non-hydrogen) atoms. The SMILES string of the molecule is CCCC1=C2C(OC)=CC=C[N+]2(NC(=O)NC)C(C)=N1. The molecule has 0 aromatic rings. The maximum absolute atomic E-state index is 11.8. The molecule has 1 unspecified atom stereocenters. The number of aliphatic imine (C=N–C) groups is 1. The van der Waals surface area contributed by atoms with Crippen LogP contribution in [0, 0.1) is 0 Å². The Labute approximate surface area is 119 Å². The van der Waals surface area contributed by atoms with Crippen molar-refractivity contribution >= 4 is 11.9 Å². The summed E-state index contributed by atoms with van der Waals surface area (Å²) in [6.07, 6.45) is 7.48. The van der Waals surface area contributed by atoms with E-state index in [4.69, 9.17) is 4.74 Å². The van der Waals surface area contributed by atoms with Crippen LogP contribution in [0.3, 0.4) is 0 Å². The summed E-state index contributed by atoms with van der Waals surface area (Å²) in [5.41, 5.74) is 4.78. The summed E-state index contributed by atoms with van der Waals surface area (Å²) in [6.45, 7) is 4.01. The third-order valence-electron chi connectivity index (χ3n) is 3.44. The van der Waals surface area contributed by atoms with E-state index in [2.05, 4.69) is 22.7 Å². The van der Waals surface area contributed by atoms with Gasteiger partial charge in [-0.3, -0.25) is 0 Å². The molecule has 0 aromatic heterocycles. The highest BCUT2D eigenvalue weighted by molar-refractivity contribution is 5.82. The van der Waals surface area contributed by atoms with E-state index in [1.807, 2.05) is 25.3 Å². The minimum absolute atomic E-state index is 0.0919. The van der Waals surface area contributed by atoms with Crippen LogP contribution in [0.5, 0.6) is 0 Å². The number of hydrogen-bond acceptors (Lipinski definition) is 3. The molecule has 1 atom stereocenters. The topological polar surface area (TPSA) is 62.7 Å². The first-order chi connectivity index (χ1) is 9.58. The lowest BCUT2D eigenvalue weighted by Crippen LogP contribution is -2.59. The fourth-order valence-electron chi connectivity index (χ4n) is 2.50. The van der Waals surface area contributed by atoms with Crippen LogP contribution >= 0.6 is 0 Å². The first-order valence-electron chi connectivity index (χ1n) is 6.71. The van der Waals surface area contributed by atoms with E-state index in [1.165, 1.54) is 0 Å². The van der Waals surface area contributed by atoms with E-state index in [0.29, 0.717) is 0 Å². The number of ether oxygens (including phenoxy) is 1. The molecule has 2 aliphatic rings. The number of allylic oxidation sites excluding steroid dienone is 3. The Kier molecular flexibility index (Phi) is 3.94. The van der Waals surface area contributed by atoms with E-state index in [1.54, 1.807) is 14.2 Å². The van der Waals surface area contributed by atoms with Gasteiger partial charge in [0.25, 0.3) is 0 Å². The molecule has 0 aliphatic carbocycles. The molecule has 2 N–H and O–H groups in total. The van der Waals surface area contributed by atoms with Gasteiger partial charge >= 0.3 is 6.03 Å². The summed E-state index contributed by atoms with van der Waals surface area (Å²) in [6, 6.07) is -0.267. The highest BCUT2D eigenvalue weighted by Gasteiger charge is 2.48. The van der Waals surface area contributed by atoms with Crippen molar-refractivity contribution < 1.29 is 14.1 Å². The predicted octanol–water partition coefficient (Wildman–Crippen LogP) is 2.15. The lowest BCUT2D eigenvalue weighted by atomic mass is 10.1. The van der Waals surface area contributed by atoms with E-state index in [9.17, 15) is 4.79 Å². The second kappa shape index (κ2) is 5.50. The van der Waals surface area contributed by atoms with Crippen molar-refractivity contribution in [3.63, 3.8) is 0 Å². The summed E-state index contributed by atoms with van der Waals surface area (Å²) in [5, 5.41) is 2.58. The van der Waals surface area contributed by atoms with Crippen LogP contribution in [-0.2, 0) is 4.74 Å². The number of nitrogens with one attached hydrogen (secondary N) is 2. The maximum atomic E-state index is 11.8. The zero-order valence-corrected chi connectivity index (χ0v) is 12.4. The number of rotatable bonds is 4. The minimum atomic E-state index is -0.267. The Morgan fingerprint density at radius 1 is 1.50 bits per heavy atom. The van der Waals surface area contributed by atoms with Gasteiger partial charge in [-0.2, -0.15) is 10.4 Å². The second-order valence-corrected chi connectivity index (χ2v) is 4.69. The quantitative estimate of drug-likeness (QED) is 0.773. The summed E-state index contributed by atoms with van der Waals surface area (Å²) in [4.78, 5) is 16.4. The average molecular weight is 277 g/mol. The molecule has 0 aromatic carbocycles. The largest absolute Gasteiger partial charge is 0.491 e. The van der Waals surface area contributed by atoms with Crippen LogP contribution in [0.25, 0.3) is 0 Å². The first-order valence-corrected chi connectivity index (χ1v) is 6.71. The van der Waals surface area contributed by atoms with Gasteiger partial charge in [-0.25, -0.2) is 4.79 Å². The van der Waals surface area contributed by atoms with Gasteiger partial charge in [-0.15, -0.1) is 4.59 Å². The van der Waals surface area contributed by atoms with Gasteiger partial charge in [0.1, 0.15) is 11.9 Å². The van der Waals surface area contributed by atoms with Crippen molar-refractivity contribution in [3.8, 4) is 0 Å². The summed E-state index contributed by atoms with van der Waals surface area (Å²) >= 11 is 0. The highest BCUT2D eigenvalue weighted by atomic mass is 16.5. The number of fused-ring (bicyclic) bond motifs is 1. The van der Waals surface area contributed by atoms with Crippen molar-refractivity contribution in [3.05, 3.63) is 35.5 Å². The monoisotopic (exact) mass is 277 g/mol. The molecular weight excluding hydrogens is 256 g/mol. The zero-order valence-electron chi connectivity index (χ0n) is 12.4. The van der Waals surface area contributed by atoms with Crippen LogP contribution in [0.1, 0.15) is 26.7 Å². The van der Waals surface area contributed by atoms with Gasteiger partial charge in [0.15, 0.2) is 5.76 Å². The van der Waals surface area contributed by atoms with Crippen molar-refractivity contribution in [1.29, 1.82) is 0 Å². The number of hydrogen-bond donors (Lipinski definition) is 2. The van der Waals surface area contributed by atoms with Crippen molar-refractivity contribution in [2.24, 2.45) is 4.99 Å². The fourth-order valence-corrected chi connectivity index (χ4v) is 2.50. The number of carbonyl (C=O) groups excluding carboxylic acids is 1. The number of carbonyl (C=O) groups is 1. The van der Waals surface area contributed by atoms with Gasteiger partial charge in [0, 0.05) is 14.0 Å². The lowest BCUT2D eigenvalue weighted by molar-refractivity contribution is -0.784. The maximum Gasteiger partial charge on any atom is 0.360 e. The van der Waals surface area contributed by atoms with Gasteiger partial charge in [-0.1, -0.05) is 13.3 Å². The summed E-state index contributed by atoms with van der Waals surface area (Å²) in [7, 11) is 3.22. The van der Waals surface area contributed by atoms with Crippen LogP contribution in [0.2, 0.25) is 0 Å². The van der Waals surface area contributed by atoms with E-state index in [-0.39, 0.29) is 10.6 Å². The zero-order chi connectivity index (χ0) is 14.8. The number of amides is 2. The first kappa shape index (κ1) is 14.3. The average Bonchev–Trinajstić information content (AvgIpc) is 2.72. The van der Waals surface area contributed by atoms with Crippen LogP contribution < -0.4 is 10.7 Å². The standard InChI is InChI=1S/C14H20N4O2/c1-5-7-11-13-12(20-4)8-6-9-18(13,10(2)16-11)17-14(19)15-3/h6,8-9H,5,7H2,1-4H3,(H-,15,17,19)/p+1. The molecule has 0 fully saturated rings. The molecule has 2 amide bonds. The molecule has 0 bridgehead atoms. The molecule has 108 valence electrons. The van der Waals surface area contributed by atoms with Crippen LogP contribution in [0.4, 0.5) is 4.79 Å². The second-order valence-electron chi connectivity index (χ2n) is 4.69. The van der Waals surface area contributed by atoms with Gasteiger partial charge in [0.2, 0.25) is 11.5 Å². The molecule has 0 saturated heterocycles. The smallest absolute Gasteiger partial charge is 0.360 e. The van der Waals surface area contributed by atoms with Crippen LogP contribution in [0.15, 0.2) is 40.5 Å². The molecule has 0 radical (unpaired) electrons. The molecule has 0 spiro atoms. The third-order valence-corrected chi connectivity index (χ3v) is 3.44. The Bertz CT molecular complexity index is 545. The number of quaternary nitrogens is 1. The van der Waals surface area contributed by atoms with Crippen LogP contribution in [-0.4, -0.2) is 30.6 Å². The van der Waals surface area contributed by atoms with Crippen molar-refractivity contribution in [1.82, 2.24) is 10.7 Å². The third kappa shape index (κ3) is 2.12. The number of urea groups is 1. The summed E-state index contributed by atoms with van der Waals surface area (Å²) < 4.78 is 5.55. The van der Waals surface area contributed by atoms with E-state index >= 15 is 0 Å². The normalized spacial score (nSPS) is 24.0. The Balaban J connectivity index is 2.52. The molecule has 6 nitrogen and oxygen atoms in total. The molecule has 6 heteroatoms. The molecule has 2 heterocycles. The molecule has 2 rings (SSSR count). The Hall–Kier alpha value is -2.08. The molecule has 2 aliphatic heterocycles. The fraction of sp³-hybridized carbons (Fsp3) is 0.429. The predicted molar refractivity (Wildman–Crippen MR) is 77.1 cm³/mol. The van der Waals surface area contributed by atoms with E-state index < -0.39 is 0 Å². The van der Waals surface area contributed by atoms with Crippen molar-refractivity contribution in [2.45, 2.75) is 26.7 Å². The Morgan fingerprint density at radius 3 is 2.85 bits per heavy atom. The lowest BCUT2D eigenvalue weighted by Gasteiger charge is -2.32. The van der Waals surface area contributed by atoms with Gasteiger partial charge in [0.05, 0.1) is 7.11 Å². The molecular formula is C14H21N4O2+. The number of amidine groups is 1. The molecule has 0 saturated carbocycles. The Morgan fingerprint density at radius 2 is 2.25 bits per heavy atom. The number of nitrogens with zero attached hydrogens (tertiary/aromatic N) is 2. The van der Waals surface area contributed by atoms with Gasteiger partial charge < -0.3 is 10.1 Å². The number of methoxy groups -OCH3 is 1. The van der Waals surface area contributed by atoms with E-state index in [0.717, 1.165) is 35.8 Å².